The Labute approximate surface area is 127 Å². The summed E-state index contributed by atoms with van der Waals surface area (Å²) < 4.78 is 12.7. The molecule has 1 saturated carbocycles. The van der Waals surface area contributed by atoms with Gasteiger partial charge in [-0.15, -0.1) is 0 Å². The highest BCUT2D eigenvalue weighted by molar-refractivity contribution is 9.10. The number of hydrogen-bond donors (Lipinski definition) is 1. The summed E-state index contributed by atoms with van der Waals surface area (Å²) >= 11 is 9.57. The third-order valence-electron chi connectivity index (χ3n) is 3.25. The van der Waals surface area contributed by atoms with E-state index >= 15 is 0 Å². The van der Waals surface area contributed by atoms with E-state index < -0.39 is 0 Å². The average Bonchev–Trinajstić information content (AvgIpc) is 2.38. The van der Waals surface area contributed by atoms with E-state index in [2.05, 4.69) is 28.2 Å². The zero-order valence-corrected chi connectivity index (χ0v) is 13.5. The molecule has 0 bridgehead atoms. The number of nitrogens with one attached hydrogen (secondary N) is 1. The van der Waals surface area contributed by atoms with Crippen molar-refractivity contribution < 1.29 is 9.47 Å². The Morgan fingerprint density at radius 1 is 1.42 bits per heavy atom. The summed E-state index contributed by atoms with van der Waals surface area (Å²) in [5.74, 6) is 0.709. The van der Waals surface area contributed by atoms with Crippen molar-refractivity contribution >= 4 is 27.5 Å². The molecule has 0 radical (unpaired) electrons. The largest absolute Gasteiger partial charge is 0.486 e. The molecule has 0 spiro atoms. The third-order valence-corrected chi connectivity index (χ3v) is 4.05. The molecule has 3 nitrogen and oxygen atoms in total. The standard InChI is InChI=1S/C14H19BrClNO2/c1-3-17-11-8-13(14(11)18-4-2)19-12-7-9(15)5-6-10(12)16/h5-7,11,13-14,17H,3-4,8H2,1-2H3. The minimum Gasteiger partial charge on any atom is -0.486 e. The van der Waals surface area contributed by atoms with Gasteiger partial charge < -0.3 is 14.8 Å². The lowest BCUT2D eigenvalue weighted by molar-refractivity contribution is -0.104. The van der Waals surface area contributed by atoms with E-state index in [0.29, 0.717) is 23.4 Å². The molecule has 5 heteroatoms. The van der Waals surface area contributed by atoms with Crippen molar-refractivity contribution in [3.63, 3.8) is 0 Å². The van der Waals surface area contributed by atoms with E-state index in [1.807, 2.05) is 25.1 Å². The Balaban J connectivity index is 2.00. The van der Waals surface area contributed by atoms with Crippen molar-refractivity contribution in [2.24, 2.45) is 0 Å². The molecule has 0 saturated heterocycles. The number of rotatable bonds is 6. The Morgan fingerprint density at radius 3 is 2.89 bits per heavy atom. The molecule has 1 N–H and O–H groups in total. The molecule has 3 unspecified atom stereocenters. The van der Waals surface area contributed by atoms with Crippen LogP contribution in [0.5, 0.6) is 5.75 Å². The van der Waals surface area contributed by atoms with E-state index in [1.54, 1.807) is 0 Å². The SMILES string of the molecule is CCNC1CC(Oc2cc(Br)ccc2Cl)C1OCC. The van der Waals surface area contributed by atoms with Gasteiger partial charge in [0.25, 0.3) is 0 Å². The number of benzene rings is 1. The molecule has 1 aliphatic carbocycles. The molecular formula is C14H19BrClNO2. The predicted molar refractivity (Wildman–Crippen MR) is 81.1 cm³/mol. The smallest absolute Gasteiger partial charge is 0.139 e. The van der Waals surface area contributed by atoms with Crippen LogP contribution < -0.4 is 10.1 Å². The van der Waals surface area contributed by atoms with Crippen molar-refractivity contribution in [2.45, 2.75) is 38.5 Å². The van der Waals surface area contributed by atoms with Crippen LogP contribution in [0.15, 0.2) is 22.7 Å². The van der Waals surface area contributed by atoms with Gasteiger partial charge in [-0.1, -0.05) is 34.5 Å². The maximum Gasteiger partial charge on any atom is 0.139 e. The molecule has 0 amide bonds. The third kappa shape index (κ3) is 3.63. The van der Waals surface area contributed by atoms with Gasteiger partial charge in [0.05, 0.1) is 5.02 Å². The second-order valence-corrected chi connectivity index (χ2v) is 5.87. The molecule has 1 aliphatic rings. The zero-order valence-electron chi connectivity index (χ0n) is 11.2. The van der Waals surface area contributed by atoms with E-state index in [-0.39, 0.29) is 12.2 Å². The van der Waals surface area contributed by atoms with Crippen molar-refractivity contribution in [2.75, 3.05) is 13.2 Å². The summed E-state index contributed by atoms with van der Waals surface area (Å²) in [6.07, 6.45) is 1.11. The molecule has 3 atom stereocenters. The first-order valence-electron chi connectivity index (χ1n) is 6.62. The fraction of sp³-hybridized carbons (Fsp3) is 0.571. The quantitative estimate of drug-likeness (QED) is 0.851. The minimum atomic E-state index is 0.0656. The minimum absolute atomic E-state index is 0.0656. The number of halogens is 2. The average molecular weight is 349 g/mol. The van der Waals surface area contributed by atoms with Crippen LogP contribution in [0.2, 0.25) is 5.02 Å². The van der Waals surface area contributed by atoms with Crippen LogP contribution in [-0.4, -0.2) is 31.4 Å². The van der Waals surface area contributed by atoms with Crippen LogP contribution in [0.25, 0.3) is 0 Å². The second-order valence-electron chi connectivity index (χ2n) is 4.55. The summed E-state index contributed by atoms with van der Waals surface area (Å²) in [5.41, 5.74) is 0. The molecule has 1 aromatic rings. The van der Waals surface area contributed by atoms with Crippen LogP contribution in [0.4, 0.5) is 0 Å². The van der Waals surface area contributed by atoms with Gasteiger partial charge in [-0.2, -0.15) is 0 Å². The van der Waals surface area contributed by atoms with Crippen LogP contribution in [-0.2, 0) is 4.74 Å². The highest BCUT2D eigenvalue weighted by atomic mass is 79.9. The molecule has 19 heavy (non-hydrogen) atoms. The van der Waals surface area contributed by atoms with Crippen molar-refractivity contribution in [1.82, 2.24) is 5.32 Å². The van der Waals surface area contributed by atoms with Gasteiger partial charge in [0, 0.05) is 23.5 Å². The first-order valence-corrected chi connectivity index (χ1v) is 7.79. The molecule has 0 aliphatic heterocycles. The molecular weight excluding hydrogens is 330 g/mol. The van der Waals surface area contributed by atoms with Crippen LogP contribution >= 0.6 is 27.5 Å². The molecule has 0 heterocycles. The monoisotopic (exact) mass is 347 g/mol. The first kappa shape index (κ1) is 15.1. The van der Waals surface area contributed by atoms with Gasteiger partial charge in [-0.05, 0) is 31.7 Å². The number of likely N-dealkylation sites (N-methyl/N-ethyl adjacent to an activating group) is 1. The maximum atomic E-state index is 6.14. The van der Waals surface area contributed by atoms with Crippen molar-refractivity contribution in [3.05, 3.63) is 27.7 Å². The van der Waals surface area contributed by atoms with Crippen LogP contribution in [0.3, 0.4) is 0 Å². The van der Waals surface area contributed by atoms with E-state index in [1.165, 1.54) is 0 Å². The number of ether oxygens (including phenoxy) is 2. The Morgan fingerprint density at radius 2 is 2.21 bits per heavy atom. The van der Waals surface area contributed by atoms with Crippen LogP contribution in [0, 0.1) is 0 Å². The first-order chi connectivity index (χ1) is 9.15. The normalized spacial score (nSPS) is 26.0. The van der Waals surface area contributed by atoms with Gasteiger partial charge in [-0.3, -0.25) is 0 Å². The molecule has 1 fully saturated rings. The maximum absolute atomic E-state index is 6.14. The fourth-order valence-corrected chi connectivity index (χ4v) is 2.81. The lowest BCUT2D eigenvalue weighted by Gasteiger charge is -2.44. The van der Waals surface area contributed by atoms with Gasteiger partial charge in [-0.25, -0.2) is 0 Å². The van der Waals surface area contributed by atoms with Gasteiger partial charge in [0.2, 0.25) is 0 Å². The molecule has 106 valence electrons. The summed E-state index contributed by atoms with van der Waals surface area (Å²) in [4.78, 5) is 0. The molecule has 1 aromatic carbocycles. The highest BCUT2D eigenvalue weighted by Gasteiger charge is 2.43. The van der Waals surface area contributed by atoms with E-state index in [0.717, 1.165) is 17.4 Å². The summed E-state index contributed by atoms with van der Waals surface area (Å²) in [7, 11) is 0. The Kier molecular flexibility index (Phi) is 5.51. The van der Waals surface area contributed by atoms with Gasteiger partial charge >= 0.3 is 0 Å². The van der Waals surface area contributed by atoms with Gasteiger partial charge in [0.15, 0.2) is 0 Å². The van der Waals surface area contributed by atoms with Crippen LogP contribution in [0.1, 0.15) is 20.3 Å². The topological polar surface area (TPSA) is 30.5 Å². The fourth-order valence-electron chi connectivity index (χ4n) is 2.31. The van der Waals surface area contributed by atoms with E-state index in [4.69, 9.17) is 21.1 Å². The lowest BCUT2D eigenvalue weighted by Crippen LogP contribution is -2.61. The zero-order chi connectivity index (χ0) is 13.8. The Bertz CT molecular complexity index is 430. The molecule has 2 rings (SSSR count). The summed E-state index contributed by atoms with van der Waals surface area (Å²) in [6, 6.07) is 6.00. The van der Waals surface area contributed by atoms with E-state index in [9.17, 15) is 0 Å². The second kappa shape index (κ2) is 6.93. The summed E-state index contributed by atoms with van der Waals surface area (Å²) in [5, 5.41) is 4.04. The lowest BCUT2D eigenvalue weighted by atomic mass is 9.85. The molecule has 0 aromatic heterocycles. The van der Waals surface area contributed by atoms with Gasteiger partial charge in [0.1, 0.15) is 18.0 Å². The van der Waals surface area contributed by atoms with Crippen molar-refractivity contribution in [3.8, 4) is 5.75 Å². The Hall–Kier alpha value is -0.290. The number of hydrogen-bond acceptors (Lipinski definition) is 3. The van der Waals surface area contributed by atoms with Crippen molar-refractivity contribution in [1.29, 1.82) is 0 Å². The highest BCUT2D eigenvalue weighted by Crippen LogP contribution is 2.34. The predicted octanol–water partition coefficient (Wildman–Crippen LogP) is 3.64. The summed E-state index contributed by atoms with van der Waals surface area (Å²) in [6.45, 7) is 5.74.